The number of H-pyrrole nitrogens is 1. The molecule has 216 valence electrons. The normalized spacial score (nSPS) is 14.6. The van der Waals surface area contributed by atoms with Gasteiger partial charge in [0.25, 0.3) is 0 Å². The number of hydrogen-bond acceptors (Lipinski definition) is 6. The molecule has 2 rings (SSSR count). The maximum absolute atomic E-state index is 13.3. The van der Waals surface area contributed by atoms with E-state index in [1.54, 1.807) is 6.20 Å². The molecule has 0 radical (unpaired) electrons. The third kappa shape index (κ3) is 10.2. The van der Waals surface area contributed by atoms with Crippen LogP contribution in [0.4, 0.5) is 0 Å². The summed E-state index contributed by atoms with van der Waals surface area (Å²) < 4.78 is 0. The Balaban J connectivity index is 2.16. The van der Waals surface area contributed by atoms with Crippen molar-refractivity contribution in [1.82, 2.24) is 20.9 Å². The predicted molar refractivity (Wildman–Crippen MR) is 155 cm³/mol. The first kappa shape index (κ1) is 32.2. The minimum atomic E-state index is -1.19. The Kier molecular flexibility index (Phi) is 12.8. The first-order valence-electron chi connectivity index (χ1n) is 13.4. The second-order valence-corrected chi connectivity index (χ2v) is 11.7. The van der Waals surface area contributed by atoms with E-state index < -0.39 is 47.9 Å². The molecule has 0 aliphatic heterocycles. The van der Waals surface area contributed by atoms with Crippen LogP contribution in [0.25, 0.3) is 10.9 Å². The molecule has 1 heterocycles. The minimum absolute atomic E-state index is 0.0774. The van der Waals surface area contributed by atoms with E-state index >= 15 is 0 Å². The number of fused-ring (bicyclic) bond motifs is 1. The molecule has 4 unspecified atom stereocenters. The van der Waals surface area contributed by atoms with Crippen molar-refractivity contribution in [2.45, 2.75) is 77.5 Å². The Morgan fingerprint density at radius 3 is 2.10 bits per heavy atom. The molecule has 1 aromatic carbocycles. The number of carbonyl (C=O) groups is 4. The van der Waals surface area contributed by atoms with Crippen molar-refractivity contribution in [1.29, 1.82) is 0 Å². The average molecular weight is 562 g/mol. The molecular formula is C28H43N5O5S. The lowest BCUT2D eigenvalue weighted by Gasteiger charge is -2.26. The van der Waals surface area contributed by atoms with Crippen LogP contribution in [-0.4, -0.2) is 70.0 Å². The maximum atomic E-state index is 13.3. The quantitative estimate of drug-likeness (QED) is 0.183. The van der Waals surface area contributed by atoms with Gasteiger partial charge >= 0.3 is 5.97 Å². The van der Waals surface area contributed by atoms with Gasteiger partial charge in [0.05, 0.1) is 6.04 Å². The fraction of sp³-hybridized carbons (Fsp3) is 0.571. The minimum Gasteiger partial charge on any atom is -0.480 e. The lowest BCUT2D eigenvalue weighted by molar-refractivity contribution is -0.142. The van der Waals surface area contributed by atoms with Crippen LogP contribution in [0.15, 0.2) is 30.5 Å². The van der Waals surface area contributed by atoms with Gasteiger partial charge in [-0.2, -0.15) is 11.8 Å². The van der Waals surface area contributed by atoms with E-state index in [-0.39, 0.29) is 18.3 Å². The van der Waals surface area contributed by atoms with Crippen molar-refractivity contribution < 1.29 is 24.3 Å². The van der Waals surface area contributed by atoms with Crippen LogP contribution < -0.4 is 21.7 Å². The van der Waals surface area contributed by atoms with Gasteiger partial charge in [-0.25, -0.2) is 4.79 Å². The number of thioether (sulfide) groups is 1. The summed E-state index contributed by atoms with van der Waals surface area (Å²) in [7, 11) is 0. The zero-order chi connectivity index (χ0) is 29.1. The number of amides is 3. The number of nitrogens with two attached hydrogens (primary N) is 1. The molecule has 4 atom stereocenters. The van der Waals surface area contributed by atoms with Crippen LogP contribution in [0.5, 0.6) is 0 Å². The Hall–Kier alpha value is -3.05. The summed E-state index contributed by atoms with van der Waals surface area (Å²) in [6.07, 6.45) is 4.84. The SMILES string of the molecule is CSCCC(NC(=O)C(CC(C)C)NC(=O)C(N)CC(C)C)C(=O)NC(Cc1c[nH]c2ccccc12)C(=O)O. The fourth-order valence-electron chi connectivity index (χ4n) is 4.37. The molecule has 0 aliphatic carbocycles. The number of benzene rings is 1. The molecular weight excluding hydrogens is 518 g/mol. The number of aliphatic carboxylic acids is 1. The first-order valence-corrected chi connectivity index (χ1v) is 14.8. The van der Waals surface area contributed by atoms with Crippen molar-refractivity contribution in [3.05, 3.63) is 36.0 Å². The number of carbonyl (C=O) groups excluding carboxylic acids is 3. The molecule has 0 spiro atoms. The zero-order valence-electron chi connectivity index (χ0n) is 23.5. The van der Waals surface area contributed by atoms with E-state index in [1.165, 1.54) is 11.8 Å². The molecule has 10 nitrogen and oxygen atoms in total. The average Bonchev–Trinajstić information content (AvgIpc) is 3.27. The van der Waals surface area contributed by atoms with Crippen LogP contribution in [0.1, 0.15) is 52.5 Å². The Morgan fingerprint density at radius 1 is 0.897 bits per heavy atom. The standard InChI is InChI=1S/C28H43N5O5S/c1-16(2)12-20(29)25(34)32-23(13-17(3)4)27(36)31-22(10-11-39-5)26(35)33-24(28(37)38)14-18-15-30-21-9-7-6-8-19(18)21/h6-9,15-17,20,22-24,30H,10-14,29H2,1-5H3,(H,31,36)(H,32,34)(H,33,35)(H,37,38). The van der Waals surface area contributed by atoms with E-state index in [9.17, 15) is 24.3 Å². The van der Waals surface area contributed by atoms with Crippen molar-refractivity contribution in [2.75, 3.05) is 12.0 Å². The molecule has 0 bridgehead atoms. The highest BCUT2D eigenvalue weighted by Gasteiger charge is 2.31. The fourth-order valence-corrected chi connectivity index (χ4v) is 4.84. The van der Waals surface area contributed by atoms with Gasteiger partial charge < -0.3 is 31.8 Å². The molecule has 2 aromatic rings. The number of carboxylic acid groups (broad SMARTS) is 1. The topological polar surface area (TPSA) is 166 Å². The van der Waals surface area contributed by atoms with Crippen LogP contribution in [-0.2, 0) is 25.6 Å². The van der Waals surface area contributed by atoms with E-state index in [1.807, 2.05) is 58.2 Å². The molecule has 39 heavy (non-hydrogen) atoms. The third-order valence-corrected chi connectivity index (χ3v) is 7.00. The van der Waals surface area contributed by atoms with Gasteiger partial charge in [0, 0.05) is 23.5 Å². The predicted octanol–water partition coefficient (Wildman–Crippen LogP) is 2.42. The molecule has 0 saturated carbocycles. The summed E-state index contributed by atoms with van der Waals surface area (Å²) in [6, 6.07) is 3.75. The molecule has 0 fully saturated rings. The number of hydrogen-bond donors (Lipinski definition) is 6. The number of nitrogens with one attached hydrogen (secondary N) is 4. The van der Waals surface area contributed by atoms with Gasteiger partial charge in [-0.15, -0.1) is 0 Å². The smallest absolute Gasteiger partial charge is 0.326 e. The highest BCUT2D eigenvalue weighted by molar-refractivity contribution is 7.98. The molecule has 0 aliphatic rings. The zero-order valence-corrected chi connectivity index (χ0v) is 24.3. The van der Waals surface area contributed by atoms with E-state index in [0.29, 0.717) is 25.0 Å². The van der Waals surface area contributed by atoms with E-state index in [0.717, 1.165) is 16.5 Å². The third-order valence-electron chi connectivity index (χ3n) is 6.36. The summed E-state index contributed by atoms with van der Waals surface area (Å²) in [5, 5.41) is 18.9. The first-order chi connectivity index (χ1) is 18.4. The van der Waals surface area contributed by atoms with Gasteiger partial charge in [0.1, 0.15) is 18.1 Å². The van der Waals surface area contributed by atoms with Crippen molar-refractivity contribution >= 4 is 46.4 Å². The van der Waals surface area contributed by atoms with Crippen molar-refractivity contribution in [3.63, 3.8) is 0 Å². The van der Waals surface area contributed by atoms with E-state index in [4.69, 9.17) is 5.73 Å². The number of aromatic amines is 1. The van der Waals surface area contributed by atoms with E-state index in [2.05, 4.69) is 20.9 Å². The van der Waals surface area contributed by atoms with Gasteiger partial charge in [0.2, 0.25) is 17.7 Å². The second kappa shape index (κ2) is 15.5. The number of aromatic nitrogens is 1. The number of para-hydroxylation sites is 1. The summed E-state index contributed by atoms with van der Waals surface area (Å²) in [5.74, 6) is -1.80. The lowest BCUT2D eigenvalue weighted by atomic mass is 10.00. The molecule has 0 saturated heterocycles. The molecule has 7 N–H and O–H groups in total. The monoisotopic (exact) mass is 561 g/mol. The van der Waals surface area contributed by atoms with Crippen LogP contribution in [0, 0.1) is 11.8 Å². The molecule has 1 aromatic heterocycles. The van der Waals surface area contributed by atoms with Crippen LogP contribution >= 0.6 is 11.8 Å². The van der Waals surface area contributed by atoms with Gasteiger partial charge in [-0.05, 0) is 54.7 Å². The highest BCUT2D eigenvalue weighted by Crippen LogP contribution is 2.19. The number of carboxylic acids is 1. The Labute approximate surface area is 234 Å². The Morgan fingerprint density at radius 2 is 1.49 bits per heavy atom. The van der Waals surface area contributed by atoms with Crippen molar-refractivity contribution in [3.8, 4) is 0 Å². The van der Waals surface area contributed by atoms with Crippen LogP contribution in [0.2, 0.25) is 0 Å². The summed E-state index contributed by atoms with van der Waals surface area (Å²) in [5.41, 5.74) is 7.66. The maximum Gasteiger partial charge on any atom is 0.326 e. The number of rotatable bonds is 16. The van der Waals surface area contributed by atoms with Gasteiger partial charge in [-0.1, -0.05) is 45.9 Å². The summed E-state index contributed by atoms with van der Waals surface area (Å²) in [4.78, 5) is 54.4. The molecule has 11 heteroatoms. The largest absolute Gasteiger partial charge is 0.480 e. The van der Waals surface area contributed by atoms with Gasteiger partial charge in [0.15, 0.2) is 0 Å². The van der Waals surface area contributed by atoms with Gasteiger partial charge in [-0.3, -0.25) is 14.4 Å². The highest BCUT2D eigenvalue weighted by atomic mass is 32.2. The van der Waals surface area contributed by atoms with Crippen molar-refractivity contribution in [2.24, 2.45) is 17.6 Å². The van der Waals surface area contributed by atoms with Crippen LogP contribution in [0.3, 0.4) is 0 Å². The Bertz CT molecular complexity index is 1120. The second-order valence-electron chi connectivity index (χ2n) is 10.7. The summed E-state index contributed by atoms with van der Waals surface area (Å²) >= 11 is 1.51. The summed E-state index contributed by atoms with van der Waals surface area (Å²) in [6.45, 7) is 7.79. The lowest BCUT2D eigenvalue weighted by Crippen LogP contribution is -2.57. The molecule has 3 amide bonds.